The van der Waals surface area contributed by atoms with Crippen molar-refractivity contribution < 1.29 is 26.3 Å². The van der Waals surface area contributed by atoms with E-state index in [1.54, 1.807) is 0 Å². The predicted molar refractivity (Wildman–Crippen MR) is 98.7 cm³/mol. The Bertz CT molecular complexity index is 1180. The summed E-state index contributed by atoms with van der Waals surface area (Å²) in [5, 5.41) is 0.822. The number of nitrogens with zero attached hydrogens (tertiary/aromatic N) is 3. The number of hydrogen-bond acceptors (Lipinski definition) is 5. The molecule has 10 heteroatoms. The Hall–Kier alpha value is -2.72. The van der Waals surface area contributed by atoms with Crippen molar-refractivity contribution in [2.75, 3.05) is 6.54 Å². The summed E-state index contributed by atoms with van der Waals surface area (Å²) in [5.74, 6) is -0.473. The molecule has 0 fully saturated rings. The second kappa shape index (κ2) is 6.96. The second-order valence-corrected chi connectivity index (χ2v) is 8.64. The maximum absolute atomic E-state index is 12.9. The summed E-state index contributed by atoms with van der Waals surface area (Å²) in [6, 6.07) is 9.82. The van der Waals surface area contributed by atoms with E-state index in [-0.39, 0.29) is 18.0 Å². The van der Waals surface area contributed by atoms with Gasteiger partial charge in [-0.05, 0) is 55.0 Å². The molecular formula is C19H16F3N3O3S. The first-order chi connectivity index (χ1) is 13.6. The van der Waals surface area contributed by atoms with Crippen molar-refractivity contribution in [3.63, 3.8) is 0 Å². The van der Waals surface area contributed by atoms with Gasteiger partial charge in [-0.25, -0.2) is 18.4 Å². The predicted octanol–water partition coefficient (Wildman–Crippen LogP) is 3.58. The zero-order chi connectivity index (χ0) is 20.8. The Morgan fingerprint density at radius 2 is 1.79 bits per heavy atom. The number of benzene rings is 1. The van der Waals surface area contributed by atoms with Gasteiger partial charge in [-0.2, -0.15) is 4.31 Å². The average Bonchev–Trinajstić information content (AvgIpc) is 2.65. The van der Waals surface area contributed by atoms with Crippen molar-refractivity contribution >= 4 is 21.1 Å². The first-order valence-electron chi connectivity index (χ1n) is 8.74. The molecule has 152 valence electrons. The molecule has 0 bridgehead atoms. The normalized spacial score (nSPS) is 15.3. The largest absolute Gasteiger partial charge is 0.573 e. The second-order valence-electron chi connectivity index (χ2n) is 6.70. The summed E-state index contributed by atoms with van der Waals surface area (Å²) in [4.78, 5) is 8.86. The first-order valence-corrected chi connectivity index (χ1v) is 10.2. The van der Waals surface area contributed by atoms with Gasteiger partial charge in [0.2, 0.25) is 10.0 Å². The molecule has 6 nitrogen and oxygen atoms in total. The van der Waals surface area contributed by atoms with Crippen LogP contribution in [0.2, 0.25) is 0 Å². The number of aromatic nitrogens is 2. The summed E-state index contributed by atoms with van der Waals surface area (Å²) >= 11 is 0. The third kappa shape index (κ3) is 4.03. The highest BCUT2D eigenvalue weighted by Crippen LogP contribution is 2.28. The van der Waals surface area contributed by atoms with Gasteiger partial charge < -0.3 is 4.74 Å². The van der Waals surface area contributed by atoms with Crippen LogP contribution >= 0.6 is 0 Å². The molecule has 3 aromatic rings. The van der Waals surface area contributed by atoms with Crippen LogP contribution in [0.15, 0.2) is 47.4 Å². The first kappa shape index (κ1) is 19.6. The molecule has 0 amide bonds. The molecular weight excluding hydrogens is 407 g/mol. The van der Waals surface area contributed by atoms with Crippen molar-refractivity contribution in [2.45, 2.75) is 31.1 Å². The van der Waals surface area contributed by atoms with E-state index in [1.165, 1.54) is 4.31 Å². The van der Waals surface area contributed by atoms with Crippen molar-refractivity contribution in [2.24, 2.45) is 0 Å². The lowest BCUT2D eigenvalue weighted by atomic mass is 10.1. The molecule has 1 aliphatic rings. The van der Waals surface area contributed by atoms with Crippen LogP contribution in [0.5, 0.6) is 5.75 Å². The van der Waals surface area contributed by atoms with Crippen molar-refractivity contribution in [1.29, 1.82) is 0 Å². The van der Waals surface area contributed by atoms with Gasteiger partial charge in [0.15, 0.2) is 5.65 Å². The van der Waals surface area contributed by atoms with E-state index in [1.807, 2.05) is 25.1 Å². The highest BCUT2D eigenvalue weighted by atomic mass is 32.2. The monoisotopic (exact) mass is 423 g/mol. The molecule has 0 saturated carbocycles. The van der Waals surface area contributed by atoms with Crippen LogP contribution in [-0.2, 0) is 23.0 Å². The molecule has 3 heterocycles. The fraction of sp³-hybridized carbons (Fsp3) is 0.263. The Morgan fingerprint density at radius 3 is 2.48 bits per heavy atom. The van der Waals surface area contributed by atoms with Crippen molar-refractivity contribution in [3.05, 3.63) is 59.4 Å². The number of fused-ring (bicyclic) bond motifs is 2. The molecule has 2 aromatic heterocycles. The van der Waals surface area contributed by atoms with E-state index in [0.29, 0.717) is 12.1 Å². The van der Waals surface area contributed by atoms with Crippen LogP contribution in [0, 0.1) is 6.92 Å². The third-order valence-electron chi connectivity index (χ3n) is 4.63. The van der Waals surface area contributed by atoms with Gasteiger partial charge in [0.1, 0.15) is 5.75 Å². The maximum atomic E-state index is 12.9. The summed E-state index contributed by atoms with van der Waals surface area (Å²) in [5.41, 5.74) is 3.06. The molecule has 0 N–H and O–H groups in total. The van der Waals surface area contributed by atoms with E-state index < -0.39 is 22.1 Å². The highest BCUT2D eigenvalue weighted by Gasteiger charge is 2.32. The number of halogens is 3. The Labute approximate surface area is 165 Å². The molecule has 0 saturated heterocycles. The van der Waals surface area contributed by atoms with Gasteiger partial charge in [0.05, 0.1) is 4.90 Å². The van der Waals surface area contributed by atoms with Crippen molar-refractivity contribution in [3.8, 4) is 5.75 Å². The molecule has 29 heavy (non-hydrogen) atoms. The van der Waals surface area contributed by atoms with Gasteiger partial charge in [0.25, 0.3) is 0 Å². The minimum absolute atomic E-state index is 0.0958. The van der Waals surface area contributed by atoms with Crippen LogP contribution in [0.3, 0.4) is 0 Å². The Kier molecular flexibility index (Phi) is 4.70. The zero-order valence-electron chi connectivity index (χ0n) is 15.3. The lowest BCUT2D eigenvalue weighted by Gasteiger charge is -2.27. The van der Waals surface area contributed by atoms with Crippen LogP contribution in [0.4, 0.5) is 13.2 Å². The average molecular weight is 423 g/mol. The SMILES string of the molecule is Cc1ccc2cc3c(nc2n1)CCN(S(=O)(=O)c1ccc(OC(F)(F)F)cc1)C3. The minimum Gasteiger partial charge on any atom is -0.406 e. The lowest BCUT2D eigenvalue weighted by Crippen LogP contribution is -2.36. The minimum atomic E-state index is -4.83. The molecule has 0 spiro atoms. The Balaban J connectivity index is 1.60. The molecule has 4 rings (SSSR count). The van der Waals surface area contributed by atoms with Crippen LogP contribution in [-0.4, -0.2) is 35.6 Å². The van der Waals surface area contributed by atoms with Crippen LogP contribution in [0.1, 0.15) is 17.0 Å². The van der Waals surface area contributed by atoms with E-state index in [9.17, 15) is 21.6 Å². The van der Waals surface area contributed by atoms with E-state index in [2.05, 4.69) is 14.7 Å². The molecule has 0 unspecified atom stereocenters. The van der Waals surface area contributed by atoms with Gasteiger partial charge in [-0.3, -0.25) is 0 Å². The van der Waals surface area contributed by atoms with Crippen LogP contribution < -0.4 is 4.74 Å². The number of pyridine rings is 2. The van der Waals surface area contributed by atoms with Gasteiger partial charge in [-0.1, -0.05) is 0 Å². The number of hydrogen-bond donors (Lipinski definition) is 0. The quantitative estimate of drug-likeness (QED) is 0.644. The number of sulfonamides is 1. The topological polar surface area (TPSA) is 72.4 Å². The molecule has 1 aromatic carbocycles. The van der Waals surface area contributed by atoms with Crippen molar-refractivity contribution in [1.82, 2.24) is 14.3 Å². The highest BCUT2D eigenvalue weighted by molar-refractivity contribution is 7.89. The Morgan fingerprint density at radius 1 is 1.07 bits per heavy atom. The smallest absolute Gasteiger partial charge is 0.406 e. The molecule has 1 aliphatic heterocycles. The molecule has 0 atom stereocenters. The standard InChI is InChI=1S/C19H16F3N3O3S/c1-12-2-3-13-10-14-11-25(9-8-17(14)24-18(13)23-12)29(26,27)16-6-4-15(5-7-16)28-19(20,21)22/h2-7,10H,8-9,11H2,1H3. The van der Waals surface area contributed by atoms with Crippen LogP contribution in [0.25, 0.3) is 11.0 Å². The lowest BCUT2D eigenvalue weighted by molar-refractivity contribution is -0.274. The van der Waals surface area contributed by atoms with E-state index >= 15 is 0 Å². The number of ether oxygens (including phenoxy) is 1. The number of alkyl halides is 3. The van der Waals surface area contributed by atoms with Gasteiger partial charge in [-0.15, -0.1) is 13.2 Å². The van der Waals surface area contributed by atoms with Gasteiger partial charge in [0, 0.05) is 36.3 Å². The fourth-order valence-electron chi connectivity index (χ4n) is 3.25. The molecule has 0 radical (unpaired) electrons. The number of aryl methyl sites for hydroxylation is 1. The van der Waals surface area contributed by atoms with Gasteiger partial charge >= 0.3 is 6.36 Å². The third-order valence-corrected chi connectivity index (χ3v) is 6.48. The summed E-state index contributed by atoms with van der Waals surface area (Å²) in [7, 11) is -3.87. The summed E-state index contributed by atoms with van der Waals surface area (Å²) < 4.78 is 67.8. The fourth-order valence-corrected chi connectivity index (χ4v) is 4.67. The summed E-state index contributed by atoms with van der Waals surface area (Å²) in [6.45, 7) is 2.23. The molecule has 0 aliphatic carbocycles. The zero-order valence-corrected chi connectivity index (χ0v) is 16.1. The number of rotatable bonds is 3. The maximum Gasteiger partial charge on any atom is 0.573 e. The van der Waals surface area contributed by atoms with E-state index in [4.69, 9.17) is 0 Å². The summed E-state index contributed by atoms with van der Waals surface area (Å²) in [6.07, 6.45) is -4.41. The van der Waals surface area contributed by atoms with E-state index in [0.717, 1.165) is 46.6 Å².